The lowest BCUT2D eigenvalue weighted by molar-refractivity contribution is 0.248. The topological polar surface area (TPSA) is 62.0 Å². The maximum absolute atomic E-state index is 12.1. The Bertz CT molecular complexity index is 1090. The quantitative estimate of drug-likeness (QED) is 0.545. The van der Waals surface area contributed by atoms with Crippen LogP contribution in [0.2, 0.25) is 0 Å². The summed E-state index contributed by atoms with van der Waals surface area (Å²) in [5.74, 6) is 1.09. The minimum absolute atomic E-state index is 0.375. The van der Waals surface area contributed by atoms with Crippen LogP contribution in [-0.2, 0) is 6.42 Å². The summed E-state index contributed by atoms with van der Waals surface area (Å²) < 4.78 is 7.07. The number of ether oxygens (including phenoxy) is 1. The molecule has 32 heavy (non-hydrogen) atoms. The van der Waals surface area contributed by atoms with Gasteiger partial charge in [-0.15, -0.1) is 11.3 Å². The number of thiophene rings is 1. The Labute approximate surface area is 193 Å². The number of benzene rings is 2. The molecule has 6 nitrogen and oxygen atoms in total. The molecule has 1 saturated heterocycles. The Balaban J connectivity index is 1.11. The number of amides is 2. The molecule has 2 aromatic carbocycles. The Morgan fingerprint density at radius 3 is 2.75 bits per heavy atom. The van der Waals surface area contributed by atoms with Crippen LogP contribution in [0.5, 0.6) is 5.75 Å². The number of unbranched alkanes of at least 4 members (excludes halogenated alkanes) is 1. The lowest BCUT2D eigenvalue weighted by Crippen LogP contribution is -2.46. The van der Waals surface area contributed by atoms with E-state index in [-0.39, 0.29) is 6.03 Å². The summed E-state index contributed by atoms with van der Waals surface area (Å²) in [4.78, 5) is 18.8. The molecule has 0 saturated carbocycles. The molecule has 0 aliphatic carbocycles. The molecule has 2 aliphatic rings. The number of carbonyl (C=O) groups is 1. The number of hydrogen-bond acceptors (Lipinski definition) is 5. The van der Waals surface area contributed by atoms with E-state index in [0.717, 1.165) is 75.4 Å². The van der Waals surface area contributed by atoms with Gasteiger partial charge in [0, 0.05) is 54.6 Å². The monoisotopic (exact) mass is 450 g/mol. The lowest BCUT2D eigenvalue weighted by atomic mass is 10.1. The summed E-state index contributed by atoms with van der Waals surface area (Å²) in [6.45, 7) is 6.66. The van der Waals surface area contributed by atoms with Crippen LogP contribution in [0.25, 0.3) is 10.1 Å². The number of nitrogens with two attached hydrogens (primary N) is 1. The van der Waals surface area contributed by atoms with Crippen LogP contribution >= 0.6 is 11.3 Å². The number of para-hydroxylation sites is 1. The van der Waals surface area contributed by atoms with Crippen molar-refractivity contribution < 1.29 is 9.53 Å². The van der Waals surface area contributed by atoms with Crippen LogP contribution in [0, 0.1) is 0 Å². The number of primary amides is 1. The van der Waals surface area contributed by atoms with E-state index < -0.39 is 0 Å². The average Bonchev–Trinajstić information content (AvgIpc) is 3.46. The van der Waals surface area contributed by atoms with Crippen molar-refractivity contribution >= 4 is 38.8 Å². The van der Waals surface area contributed by atoms with Gasteiger partial charge in [-0.3, -0.25) is 9.80 Å². The van der Waals surface area contributed by atoms with Crippen LogP contribution in [0.15, 0.2) is 47.8 Å². The number of anilines is 2. The van der Waals surface area contributed by atoms with Gasteiger partial charge < -0.3 is 15.4 Å². The zero-order chi connectivity index (χ0) is 21.9. The number of fused-ring (bicyclic) bond motifs is 2. The first kappa shape index (κ1) is 21.1. The molecule has 1 aromatic heterocycles. The molecule has 3 aromatic rings. The molecule has 168 valence electrons. The fourth-order valence-electron chi connectivity index (χ4n) is 4.79. The van der Waals surface area contributed by atoms with E-state index in [1.807, 2.05) is 17.5 Å². The summed E-state index contributed by atoms with van der Waals surface area (Å²) >= 11 is 1.66. The Morgan fingerprint density at radius 2 is 1.91 bits per heavy atom. The number of urea groups is 1. The first-order valence-corrected chi connectivity index (χ1v) is 12.3. The smallest absolute Gasteiger partial charge is 0.319 e. The largest absolute Gasteiger partial charge is 0.491 e. The van der Waals surface area contributed by atoms with E-state index in [1.165, 1.54) is 16.0 Å². The minimum Gasteiger partial charge on any atom is -0.491 e. The molecule has 2 aliphatic heterocycles. The van der Waals surface area contributed by atoms with Crippen molar-refractivity contribution in [3.05, 3.63) is 53.4 Å². The van der Waals surface area contributed by atoms with Crippen LogP contribution in [0.1, 0.15) is 18.4 Å². The minimum atomic E-state index is -0.375. The third kappa shape index (κ3) is 4.27. The summed E-state index contributed by atoms with van der Waals surface area (Å²) in [5, 5.41) is 3.14. The first-order chi connectivity index (χ1) is 15.7. The number of piperazine rings is 1. The number of nitrogens with zero attached hydrogens (tertiary/aromatic N) is 3. The van der Waals surface area contributed by atoms with Crippen molar-refractivity contribution in [2.24, 2.45) is 5.73 Å². The molecule has 0 radical (unpaired) electrons. The molecule has 0 unspecified atom stereocenters. The van der Waals surface area contributed by atoms with Crippen molar-refractivity contribution in [1.82, 2.24) is 4.90 Å². The second-order valence-corrected chi connectivity index (χ2v) is 9.42. The van der Waals surface area contributed by atoms with E-state index in [2.05, 4.69) is 40.1 Å². The summed E-state index contributed by atoms with van der Waals surface area (Å²) in [7, 11) is 0. The van der Waals surface area contributed by atoms with Crippen LogP contribution in [-0.4, -0.2) is 56.8 Å². The Kier molecular flexibility index (Phi) is 6.19. The lowest BCUT2D eigenvalue weighted by Gasteiger charge is -2.36. The van der Waals surface area contributed by atoms with Gasteiger partial charge in [0.05, 0.1) is 18.0 Å². The van der Waals surface area contributed by atoms with Gasteiger partial charge in [0.2, 0.25) is 0 Å². The summed E-state index contributed by atoms with van der Waals surface area (Å²) in [6, 6.07) is 14.3. The maximum atomic E-state index is 12.1. The Hall–Kier alpha value is -2.77. The normalized spacial score (nSPS) is 16.2. The van der Waals surface area contributed by atoms with E-state index in [0.29, 0.717) is 6.54 Å². The molecule has 1 fully saturated rings. The molecule has 2 amide bonds. The van der Waals surface area contributed by atoms with Gasteiger partial charge in [0.15, 0.2) is 0 Å². The first-order valence-electron chi connectivity index (χ1n) is 11.5. The highest BCUT2D eigenvalue weighted by Crippen LogP contribution is 2.36. The summed E-state index contributed by atoms with van der Waals surface area (Å²) in [6.07, 6.45) is 3.01. The van der Waals surface area contributed by atoms with Gasteiger partial charge >= 0.3 is 6.03 Å². The van der Waals surface area contributed by atoms with Gasteiger partial charge in [-0.25, -0.2) is 4.79 Å². The van der Waals surface area contributed by atoms with E-state index in [1.54, 1.807) is 16.2 Å². The zero-order valence-corrected chi connectivity index (χ0v) is 19.2. The second kappa shape index (κ2) is 9.38. The van der Waals surface area contributed by atoms with Gasteiger partial charge in [-0.1, -0.05) is 30.3 Å². The van der Waals surface area contributed by atoms with Gasteiger partial charge in [0.25, 0.3) is 0 Å². The third-order valence-corrected chi connectivity index (χ3v) is 7.48. The predicted molar refractivity (Wildman–Crippen MR) is 132 cm³/mol. The molecule has 2 N–H and O–H groups in total. The standard InChI is InChI=1S/C25H30N4O2S/c26-25(30)29(22-18-32-23-9-2-1-7-20(22)23)12-4-3-11-27-13-15-28(16-14-27)21-8-5-6-19-10-17-31-24(19)21/h1-2,5-9,18H,3-4,10-17H2,(H2,26,30). The average molecular weight is 451 g/mol. The van der Waals surface area contributed by atoms with Gasteiger partial charge in [0.1, 0.15) is 5.75 Å². The molecular weight excluding hydrogens is 420 g/mol. The number of hydrogen-bond donors (Lipinski definition) is 1. The highest BCUT2D eigenvalue weighted by molar-refractivity contribution is 7.17. The second-order valence-electron chi connectivity index (χ2n) is 8.51. The van der Waals surface area contributed by atoms with Crippen molar-refractivity contribution in [2.75, 3.05) is 55.7 Å². The molecular formula is C25H30N4O2S. The van der Waals surface area contributed by atoms with Crippen molar-refractivity contribution in [3.63, 3.8) is 0 Å². The highest BCUT2D eigenvalue weighted by atomic mass is 32.1. The van der Waals surface area contributed by atoms with E-state index >= 15 is 0 Å². The van der Waals surface area contributed by atoms with Crippen molar-refractivity contribution in [2.45, 2.75) is 19.3 Å². The predicted octanol–water partition coefficient (Wildman–Crippen LogP) is 4.32. The fraction of sp³-hybridized carbons (Fsp3) is 0.400. The van der Waals surface area contributed by atoms with Gasteiger partial charge in [-0.05, 0) is 37.1 Å². The number of rotatable bonds is 7. The van der Waals surface area contributed by atoms with E-state index in [9.17, 15) is 4.79 Å². The zero-order valence-electron chi connectivity index (χ0n) is 18.3. The van der Waals surface area contributed by atoms with Crippen LogP contribution in [0.4, 0.5) is 16.2 Å². The summed E-state index contributed by atoms with van der Waals surface area (Å²) in [5.41, 5.74) is 9.24. The Morgan fingerprint density at radius 1 is 1.06 bits per heavy atom. The molecule has 0 spiro atoms. The number of carbonyl (C=O) groups excluding carboxylic acids is 1. The van der Waals surface area contributed by atoms with Crippen molar-refractivity contribution in [1.29, 1.82) is 0 Å². The molecule has 5 rings (SSSR count). The van der Waals surface area contributed by atoms with E-state index in [4.69, 9.17) is 10.5 Å². The van der Waals surface area contributed by atoms with Crippen LogP contribution in [0.3, 0.4) is 0 Å². The molecule has 7 heteroatoms. The fourth-order valence-corrected chi connectivity index (χ4v) is 5.74. The van der Waals surface area contributed by atoms with Crippen LogP contribution < -0.4 is 20.3 Å². The third-order valence-electron chi connectivity index (χ3n) is 6.53. The molecule has 0 bridgehead atoms. The highest BCUT2D eigenvalue weighted by Gasteiger charge is 2.23. The SMILES string of the molecule is NC(=O)N(CCCCN1CCN(c2cccc3c2OCC3)CC1)c1csc2ccccc12. The van der Waals surface area contributed by atoms with Gasteiger partial charge in [-0.2, -0.15) is 0 Å². The van der Waals surface area contributed by atoms with Crippen molar-refractivity contribution in [3.8, 4) is 5.75 Å². The molecule has 0 atom stereocenters. The maximum Gasteiger partial charge on any atom is 0.319 e. The molecule has 3 heterocycles.